The summed E-state index contributed by atoms with van der Waals surface area (Å²) in [6, 6.07) is 21.9. The number of rotatable bonds is 11. The Balaban J connectivity index is 1.23. The Morgan fingerprint density at radius 2 is 1.60 bits per heavy atom. The maximum absolute atomic E-state index is 15.3. The molecule has 3 aromatic carbocycles. The van der Waals surface area contributed by atoms with Gasteiger partial charge in [-0.15, -0.1) is 0 Å². The normalized spacial score (nSPS) is 17.3. The lowest BCUT2D eigenvalue weighted by Gasteiger charge is -2.28. The molecular formula is C35H39FO4. The molecule has 40 heavy (non-hydrogen) atoms. The summed E-state index contributed by atoms with van der Waals surface area (Å²) in [5.74, 6) is -0.0716. The van der Waals surface area contributed by atoms with Crippen molar-refractivity contribution in [2.24, 2.45) is 0 Å². The standard InChI is InChI=1S/C35H39FO4/c1-3-5-6-8-24-9-13-26(14-10-24)27-15-11-25(12-16-27)22-39-31-20-18-28-21-32(40-35(37)33(28)34(31)36)29-17-19-30(7-4-2)38-23-29/h9-16,18,20-21,29-30H,3-8,17,19,22-23H2,1-2H3. The Morgan fingerprint density at radius 1 is 0.875 bits per heavy atom. The molecule has 5 rings (SSSR count). The van der Waals surface area contributed by atoms with Crippen LogP contribution in [0.3, 0.4) is 0 Å². The molecule has 2 unspecified atom stereocenters. The summed E-state index contributed by atoms with van der Waals surface area (Å²) in [6.45, 7) is 5.09. The van der Waals surface area contributed by atoms with E-state index in [-0.39, 0.29) is 29.8 Å². The SMILES string of the molecule is CCCCCc1ccc(-c2ccc(COc3ccc4cc(C5CCC(CCC)OC5)oc(=O)c4c3F)cc2)cc1. The molecule has 0 spiro atoms. The van der Waals surface area contributed by atoms with Crippen LogP contribution in [0.1, 0.15) is 81.6 Å². The zero-order chi connectivity index (χ0) is 27.9. The third kappa shape index (κ3) is 6.64. The van der Waals surface area contributed by atoms with E-state index in [0.29, 0.717) is 17.8 Å². The van der Waals surface area contributed by atoms with Gasteiger partial charge in [0.15, 0.2) is 11.6 Å². The van der Waals surface area contributed by atoms with Gasteiger partial charge in [-0.1, -0.05) is 87.7 Å². The monoisotopic (exact) mass is 542 g/mol. The fourth-order valence-electron chi connectivity index (χ4n) is 5.53. The number of unbranched alkanes of at least 4 members (excludes halogenated alkanes) is 2. The summed E-state index contributed by atoms with van der Waals surface area (Å²) in [5.41, 5.74) is 3.90. The average Bonchev–Trinajstić information content (AvgIpc) is 2.98. The Hall–Kier alpha value is -3.44. The molecule has 2 atom stereocenters. The third-order valence-corrected chi connectivity index (χ3v) is 7.94. The number of hydrogen-bond acceptors (Lipinski definition) is 4. The summed E-state index contributed by atoms with van der Waals surface area (Å²) in [5, 5.41) is 0.447. The second-order valence-electron chi connectivity index (χ2n) is 10.9. The molecule has 0 N–H and O–H groups in total. The van der Waals surface area contributed by atoms with Gasteiger partial charge in [-0.2, -0.15) is 0 Å². The highest BCUT2D eigenvalue weighted by Gasteiger charge is 2.25. The molecule has 5 heteroatoms. The van der Waals surface area contributed by atoms with Crippen LogP contribution in [0.5, 0.6) is 5.75 Å². The van der Waals surface area contributed by atoms with Gasteiger partial charge in [0.25, 0.3) is 0 Å². The van der Waals surface area contributed by atoms with Crippen LogP contribution in [0.4, 0.5) is 4.39 Å². The topological polar surface area (TPSA) is 48.7 Å². The maximum Gasteiger partial charge on any atom is 0.346 e. The van der Waals surface area contributed by atoms with Gasteiger partial charge in [0.1, 0.15) is 17.8 Å². The Kier molecular flexibility index (Phi) is 9.33. The summed E-state index contributed by atoms with van der Waals surface area (Å²) in [4.78, 5) is 12.8. The number of aryl methyl sites for hydroxylation is 1. The number of ether oxygens (including phenoxy) is 2. The van der Waals surface area contributed by atoms with E-state index in [1.807, 2.05) is 12.1 Å². The highest BCUT2D eigenvalue weighted by molar-refractivity contribution is 5.83. The minimum Gasteiger partial charge on any atom is -0.486 e. The first-order chi connectivity index (χ1) is 19.6. The van der Waals surface area contributed by atoms with Crippen molar-refractivity contribution in [3.8, 4) is 16.9 Å². The van der Waals surface area contributed by atoms with Crippen LogP contribution < -0.4 is 10.4 Å². The van der Waals surface area contributed by atoms with Gasteiger partial charge in [0, 0.05) is 5.92 Å². The lowest BCUT2D eigenvalue weighted by Crippen LogP contribution is -2.25. The number of fused-ring (bicyclic) bond motifs is 1. The van der Waals surface area contributed by atoms with E-state index >= 15 is 4.39 Å². The molecule has 0 amide bonds. The number of halogens is 1. The van der Waals surface area contributed by atoms with Crippen molar-refractivity contribution in [2.45, 2.75) is 83.8 Å². The molecule has 4 nitrogen and oxygen atoms in total. The lowest BCUT2D eigenvalue weighted by atomic mass is 9.93. The molecule has 0 aliphatic carbocycles. The number of benzene rings is 3. The van der Waals surface area contributed by atoms with E-state index in [9.17, 15) is 4.79 Å². The summed E-state index contributed by atoms with van der Waals surface area (Å²) >= 11 is 0. The van der Waals surface area contributed by atoms with E-state index in [1.165, 1.54) is 30.4 Å². The fourth-order valence-corrected chi connectivity index (χ4v) is 5.53. The number of hydrogen-bond donors (Lipinski definition) is 0. The van der Waals surface area contributed by atoms with E-state index in [4.69, 9.17) is 13.9 Å². The average molecular weight is 543 g/mol. The molecular weight excluding hydrogens is 503 g/mol. The van der Waals surface area contributed by atoms with Crippen molar-refractivity contribution in [3.05, 3.63) is 99.9 Å². The molecule has 1 saturated heterocycles. The molecule has 2 heterocycles. The van der Waals surface area contributed by atoms with Crippen molar-refractivity contribution in [3.63, 3.8) is 0 Å². The van der Waals surface area contributed by atoms with Crippen molar-refractivity contribution in [1.82, 2.24) is 0 Å². The van der Waals surface area contributed by atoms with Crippen LogP contribution in [0.2, 0.25) is 0 Å². The second kappa shape index (κ2) is 13.3. The summed E-state index contributed by atoms with van der Waals surface area (Å²) in [6.07, 6.45) is 9.07. The first kappa shape index (κ1) is 28.1. The van der Waals surface area contributed by atoms with Gasteiger partial charge in [0.2, 0.25) is 0 Å². The Labute approximate surface area is 236 Å². The minimum absolute atomic E-state index is 0.0101. The van der Waals surface area contributed by atoms with Crippen LogP contribution >= 0.6 is 0 Å². The molecule has 1 fully saturated rings. The van der Waals surface area contributed by atoms with E-state index in [2.05, 4.69) is 50.2 Å². The van der Waals surface area contributed by atoms with E-state index < -0.39 is 11.4 Å². The minimum atomic E-state index is -0.684. The molecule has 1 aromatic heterocycles. The van der Waals surface area contributed by atoms with Gasteiger partial charge in [-0.25, -0.2) is 9.18 Å². The summed E-state index contributed by atoms with van der Waals surface area (Å²) in [7, 11) is 0. The van der Waals surface area contributed by atoms with Crippen LogP contribution in [0.15, 0.2) is 75.9 Å². The van der Waals surface area contributed by atoms with Gasteiger partial charge in [-0.3, -0.25) is 0 Å². The van der Waals surface area contributed by atoms with Crippen LogP contribution in [0.25, 0.3) is 21.9 Å². The highest BCUT2D eigenvalue weighted by Crippen LogP contribution is 2.32. The molecule has 210 valence electrons. The van der Waals surface area contributed by atoms with Crippen LogP contribution in [-0.2, 0) is 17.8 Å². The lowest BCUT2D eigenvalue weighted by molar-refractivity contribution is -0.00532. The Morgan fingerprint density at radius 3 is 2.25 bits per heavy atom. The van der Waals surface area contributed by atoms with E-state index in [0.717, 1.165) is 43.2 Å². The fraction of sp³-hybridized carbons (Fsp3) is 0.400. The van der Waals surface area contributed by atoms with Gasteiger partial charge in [-0.05, 0) is 71.9 Å². The Bertz CT molecular complexity index is 1450. The predicted molar refractivity (Wildman–Crippen MR) is 159 cm³/mol. The smallest absolute Gasteiger partial charge is 0.346 e. The summed E-state index contributed by atoms with van der Waals surface area (Å²) < 4.78 is 32.7. The van der Waals surface area contributed by atoms with Crippen LogP contribution in [-0.4, -0.2) is 12.7 Å². The van der Waals surface area contributed by atoms with Gasteiger partial charge >= 0.3 is 5.63 Å². The largest absolute Gasteiger partial charge is 0.486 e. The molecule has 0 saturated carbocycles. The molecule has 0 bridgehead atoms. The van der Waals surface area contributed by atoms with Gasteiger partial charge < -0.3 is 13.9 Å². The van der Waals surface area contributed by atoms with Crippen molar-refractivity contribution >= 4 is 10.8 Å². The first-order valence-electron chi connectivity index (χ1n) is 14.7. The molecule has 4 aromatic rings. The molecule has 1 aliphatic heterocycles. The van der Waals surface area contributed by atoms with Crippen LogP contribution in [0, 0.1) is 5.82 Å². The second-order valence-corrected chi connectivity index (χ2v) is 10.9. The first-order valence-corrected chi connectivity index (χ1v) is 14.7. The zero-order valence-electron chi connectivity index (χ0n) is 23.6. The van der Waals surface area contributed by atoms with Gasteiger partial charge in [0.05, 0.1) is 12.7 Å². The highest BCUT2D eigenvalue weighted by atomic mass is 19.1. The van der Waals surface area contributed by atoms with E-state index in [1.54, 1.807) is 18.2 Å². The van der Waals surface area contributed by atoms with Crippen molar-refractivity contribution in [2.75, 3.05) is 6.61 Å². The molecule has 0 radical (unpaired) electrons. The molecule has 1 aliphatic rings. The predicted octanol–water partition coefficient (Wildman–Crippen LogP) is 8.97. The van der Waals surface area contributed by atoms with Crippen molar-refractivity contribution < 1.29 is 18.3 Å². The third-order valence-electron chi connectivity index (χ3n) is 7.94. The van der Waals surface area contributed by atoms with Crippen molar-refractivity contribution in [1.29, 1.82) is 0 Å². The zero-order valence-corrected chi connectivity index (χ0v) is 23.6. The maximum atomic E-state index is 15.3. The quantitative estimate of drug-likeness (QED) is 0.178.